The van der Waals surface area contributed by atoms with Crippen molar-refractivity contribution in [2.24, 2.45) is 11.7 Å². The summed E-state index contributed by atoms with van der Waals surface area (Å²) in [5.41, 5.74) is 5.52. The summed E-state index contributed by atoms with van der Waals surface area (Å²) in [6.07, 6.45) is 4.23. The zero-order valence-corrected chi connectivity index (χ0v) is 11.7. The second-order valence-corrected chi connectivity index (χ2v) is 7.48. The average molecular weight is 262 g/mol. The van der Waals surface area contributed by atoms with Gasteiger partial charge in [0.15, 0.2) is 9.84 Å². The van der Waals surface area contributed by atoms with E-state index in [4.69, 9.17) is 5.73 Å². The van der Waals surface area contributed by atoms with Crippen LogP contribution in [0.4, 0.5) is 0 Å². The number of nitrogens with zero attached hydrogens (tertiary/aromatic N) is 1. The summed E-state index contributed by atoms with van der Waals surface area (Å²) in [7, 11) is -2.76. The summed E-state index contributed by atoms with van der Waals surface area (Å²) in [5, 5.41) is 0. The van der Waals surface area contributed by atoms with Gasteiger partial charge in [-0.25, -0.2) is 8.42 Å². The Kier molecular flexibility index (Phi) is 6.44. The lowest BCUT2D eigenvalue weighted by atomic mass is 10.0. The highest BCUT2D eigenvalue weighted by Crippen LogP contribution is 2.11. The third kappa shape index (κ3) is 6.38. The van der Waals surface area contributed by atoms with Crippen molar-refractivity contribution in [1.82, 2.24) is 4.90 Å². The molecule has 0 amide bonds. The van der Waals surface area contributed by atoms with Gasteiger partial charge in [-0.2, -0.15) is 0 Å². The van der Waals surface area contributed by atoms with Crippen molar-refractivity contribution in [2.75, 3.05) is 37.7 Å². The van der Waals surface area contributed by atoms with Crippen molar-refractivity contribution >= 4 is 9.84 Å². The van der Waals surface area contributed by atoms with Gasteiger partial charge in [-0.1, -0.05) is 6.92 Å². The molecule has 0 spiro atoms. The van der Waals surface area contributed by atoms with Crippen LogP contribution in [0, 0.1) is 5.92 Å². The number of hydrogen-bond acceptors (Lipinski definition) is 4. The van der Waals surface area contributed by atoms with Crippen LogP contribution in [0.1, 0.15) is 32.6 Å². The molecule has 1 rings (SSSR count). The van der Waals surface area contributed by atoms with E-state index < -0.39 is 9.84 Å². The second-order valence-electron chi connectivity index (χ2n) is 5.17. The summed E-state index contributed by atoms with van der Waals surface area (Å²) < 4.78 is 22.9. The van der Waals surface area contributed by atoms with Crippen LogP contribution < -0.4 is 5.73 Å². The minimum absolute atomic E-state index is 0.339. The zero-order valence-electron chi connectivity index (χ0n) is 10.9. The first-order chi connectivity index (χ1) is 8.03. The quantitative estimate of drug-likeness (QED) is 0.771. The first kappa shape index (κ1) is 14.9. The van der Waals surface area contributed by atoms with E-state index >= 15 is 0 Å². The summed E-state index contributed by atoms with van der Waals surface area (Å²) in [5.74, 6) is 1.40. The molecule has 1 unspecified atom stereocenters. The molecule has 102 valence electrons. The first-order valence-electron chi connectivity index (χ1n) is 6.66. The fraction of sp³-hybridized carbons (Fsp3) is 1.00. The van der Waals surface area contributed by atoms with E-state index in [1.807, 2.05) is 0 Å². The van der Waals surface area contributed by atoms with Crippen molar-refractivity contribution in [2.45, 2.75) is 32.6 Å². The third-order valence-corrected chi connectivity index (χ3v) is 5.19. The smallest absolute Gasteiger partial charge is 0.151 e. The van der Waals surface area contributed by atoms with Crippen LogP contribution in [-0.4, -0.2) is 51.0 Å². The Hall–Kier alpha value is -0.130. The predicted octanol–water partition coefficient (Wildman–Crippen LogP) is 0.872. The van der Waals surface area contributed by atoms with Crippen LogP contribution in [0.25, 0.3) is 0 Å². The van der Waals surface area contributed by atoms with Crippen LogP contribution in [0.15, 0.2) is 0 Å². The molecule has 0 radical (unpaired) electrons. The summed E-state index contributed by atoms with van der Waals surface area (Å²) in [6.45, 7) is 5.69. The number of sulfone groups is 1. The molecule has 1 aliphatic heterocycles. The van der Waals surface area contributed by atoms with Gasteiger partial charge >= 0.3 is 0 Å². The van der Waals surface area contributed by atoms with Crippen molar-refractivity contribution in [3.05, 3.63) is 0 Å². The number of hydrogen-bond donors (Lipinski definition) is 1. The lowest BCUT2D eigenvalue weighted by Gasteiger charge is -2.20. The van der Waals surface area contributed by atoms with Gasteiger partial charge in [-0.05, 0) is 51.2 Å². The van der Waals surface area contributed by atoms with Crippen molar-refractivity contribution in [1.29, 1.82) is 0 Å². The molecule has 2 N–H and O–H groups in total. The monoisotopic (exact) mass is 262 g/mol. The van der Waals surface area contributed by atoms with Gasteiger partial charge in [0.2, 0.25) is 0 Å². The van der Waals surface area contributed by atoms with E-state index in [0.717, 1.165) is 38.9 Å². The highest BCUT2D eigenvalue weighted by molar-refractivity contribution is 7.91. The van der Waals surface area contributed by atoms with E-state index in [1.54, 1.807) is 0 Å². The van der Waals surface area contributed by atoms with Gasteiger partial charge in [0.05, 0.1) is 11.5 Å². The van der Waals surface area contributed by atoms with Crippen LogP contribution in [0.2, 0.25) is 0 Å². The molecule has 17 heavy (non-hydrogen) atoms. The predicted molar refractivity (Wildman–Crippen MR) is 71.8 cm³/mol. The fourth-order valence-electron chi connectivity index (χ4n) is 2.31. The summed E-state index contributed by atoms with van der Waals surface area (Å²) >= 11 is 0. The van der Waals surface area contributed by atoms with Crippen LogP contribution in [0.5, 0.6) is 0 Å². The van der Waals surface area contributed by atoms with E-state index in [0.29, 0.717) is 24.0 Å². The maximum atomic E-state index is 11.4. The van der Waals surface area contributed by atoms with Gasteiger partial charge in [0.25, 0.3) is 0 Å². The molecular formula is C12H26N2O2S. The Morgan fingerprint density at radius 3 is 2.71 bits per heavy atom. The van der Waals surface area contributed by atoms with Gasteiger partial charge in [0, 0.05) is 6.54 Å². The normalized spacial score (nSPS) is 23.2. The molecule has 0 bridgehead atoms. The highest BCUT2D eigenvalue weighted by atomic mass is 32.2. The van der Waals surface area contributed by atoms with E-state index in [9.17, 15) is 8.42 Å². The highest BCUT2D eigenvalue weighted by Gasteiger charge is 2.18. The third-order valence-electron chi connectivity index (χ3n) is 3.48. The van der Waals surface area contributed by atoms with Crippen LogP contribution in [-0.2, 0) is 9.84 Å². The lowest BCUT2D eigenvalue weighted by molar-refractivity contribution is 0.279. The van der Waals surface area contributed by atoms with Crippen LogP contribution in [0.3, 0.4) is 0 Å². The molecule has 0 aromatic carbocycles. The van der Waals surface area contributed by atoms with E-state index in [-0.39, 0.29) is 0 Å². The molecule has 1 saturated heterocycles. The Morgan fingerprint density at radius 2 is 2.00 bits per heavy atom. The van der Waals surface area contributed by atoms with Crippen molar-refractivity contribution in [3.8, 4) is 0 Å². The fourth-order valence-corrected chi connectivity index (χ4v) is 3.62. The van der Waals surface area contributed by atoms with Crippen LogP contribution >= 0.6 is 0 Å². The average Bonchev–Trinajstić information content (AvgIpc) is 2.41. The van der Waals surface area contributed by atoms with Gasteiger partial charge in [-0.3, -0.25) is 0 Å². The van der Waals surface area contributed by atoms with Gasteiger partial charge in [-0.15, -0.1) is 0 Å². The van der Waals surface area contributed by atoms with Crippen molar-refractivity contribution in [3.63, 3.8) is 0 Å². The molecular weight excluding hydrogens is 236 g/mol. The zero-order chi connectivity index (χ0) is 12.7. The first-order valence-corrected chi connectivity index (χ1v) is 8.48. The molecule has 0 aliphatic carbocycles. The Morgan fingerprint density at radius 1 is 1.24 bits per heavy atom. The van der Waals surface area contributed by atoms with E-state index in [2.05, 4.69) is 11.8 Å². The van der Waals surface area contributed by atoms with Crippen molar-refractivity contribution < 1.29 is 8.42 Å². The SMILES string of the molecule is CC(CCN)CCCN1CCCS(=O)(=O)CC1. The molecule has 0 aromatic heterocycles. The Labute approximate surface area is 105 Å². The van der Waals surface area contributed by atoms with Gasteiger partial charge in [0.1, 0.15) is 0 Å². The molecule has 1 fully saturated rings. The standard InChI is InChI=1S/C12H26N2O2S/c1-12(5-6-13)4-2-7-14-8-3-10-17(15,16)11-9-14/h12H,2-11,13H2,1H3. The maximum Gasteiger partial charge on any atom is 0.151 e. The molecule has 0 aromatic rings. The Balaban J connectivity index is 2.19. The molecule has 5 heteroatoms. The minimum Gasteiger partial charge on any atom is -0.330 e. The maximum absolute atomic E-state index is 11.4. The minimum atomic E-state index is -2.76. The summed E-state index contributed by atoms with van der Waals surface area (Å²) in [6, 6.07) is 0. The second kappa shape index (κ2) is 7.34. The summed E-state index contributed by atoms with van der Waals surface area (Å²) in [4.78, 5) is 2.29. The molecule has 1 heterocycles. The van der Waals surface area contributed by atoms with E-state index in [1.165, 1.54) is 6.42 Å². The molecule has 0 saturated carbocycles. The molecule has 1 aliphatic rings. The topological polar surface area (TPSA) is 63.4 Å². The number of rotatable bonds is 6. The molecule has 1 atom stereocenters. The largest absolute Gasteiger partial charge is 0.330 e. The number of nitrogens with two attached hydrogens (primary N) is 1. The lowest BCUT2D eigenvalue weighted by Crippen LogP contribution is -2.28. The molecule has 4 nitrogen and oxygen atoms in total. The van der Waals surface area contributed by atoms with Gasteiger partial charge < -0.3 is 10.6 Å². The Bertz CT molecular complexity index is 304.